The molecule has 0 saturated carbocycles. The Balaban J connectivity index is 2.07. The average molecular weight is 361 g/mol. The van der Waals surface area contributed by atoms with Crippen molar-refractivity contribution in [1.29, 1.82) is 0 Å². The minimum Gasteiger partial charge on any atom is -0.369 e. The van der Waals surface area contributed by atoms with Crippen LogP contribution in [0, 0.1) is 0 Å². The van der Waals surface area contributed by atoms with Gasteiger partial charge in [0.05, 0.1) is 5.69 Å². The van der Waals surface area contributed by atoms with Gasteiger partial charge in [0, 0.05) is 17.1 Å². The van der Waals surface area contributed by atoms with E-state index in [1.165, 1.54) is 0 Å². The van der Waals surface area contributed by atoms with Crippen LogP contribution in [0.5, 0.6) is 0 Å². The van der Waals surface area contributed by atoms with Crippen LogP contribution in [-0.4, -0.2) is 41.3 Å². The molecule has 1 aromatic carbocycles. The number of aromatic nitrogens is 2. The molecule has 0 saturated heterocycles. The Morgan fingerprint density at radius 2 is 1.76 bits per heavy atom. The van der Waals surface area contributed by atoms with E-state index in [4.69, 9.17) is 11.6 Å². The lowest BCUT2D eigenvalue weighted by Gasteiger charge is -2.18. The van der Waals surface area contributed by atoms with Crippen molar-refractivity contribution in [2.45, 2.75) is 40.0 Å². The number of hydrogen-bond acceptors (Lipinski definition) is 4. The first-order chi connectivity index (χ1) is 12.2. The van der Waals surface area contributed by atoms with Gasteiger partial charge in [-0.15, -0.1) is 5.10 Å². The minimum absolute atomic E-state index is 0.748. The standard InChI is InChI=1S/C20H29ClN4/c1-4-8-19-18(16-9-11-17(21)12-10-16)15-20(24-23-19)22-13-7-14-25(5-2)6-3/h9-12,15H,4-8,13-14H2,1-3H3,(H,22,24). The maximum absolute atomic E-state index is 6.02. The molecule has 0 unspecified atom stereocenters. The van der Waals surface area contributed by atoms with E-state index in [0.717, 1.165) is 73.1 Å². The van der Waals surface area contributed by atoms with Crippen LogP contribution in [0.1, 0.15) is 39.3 Å². The summed E-state index contributed by atoms with van der Waals surface area (Å²) in [6.45, 7) is 10.8. The van der Waals surface area contributed by atoms with E-state index < -0.39 is 0 Å². The summed E-state index contributed by atoms with van der Waals surface area (Å²) < 4.78 is 0. The predicted molar refractivity (Wildman–Crippen MR) is 107 cm³/mol. The van der Waals surface area contributed by atoms with Crippen molar-refractivity contribution in [2.75, 3.05) is 31.5 Å². The zero-order chi connectivity index (χ0) is 18.1. The molecule has 1 aromatic heterocycles. The summed E-state index contributed by atoms with van der Waals surface area (Å²) in [4.78, 5) is 2.43. The lowest BCUT2D eigenvalue weighted by atomic mass is 10.0. The van der Waals surface area contributed by atoms with Crippen LogP contribution in [0.3, 0.4) is 0 Å². The molecule has 4 nitrogen and oxygen atoms in total. The van der Waals surface area contributed by atoms with Gasteiger partial charge in [0.2, 0.25) is 0 Å². The summed E-state index contributed by atoms with van der Waals surface area (Å²) in [5, 5.41) is 13.0. The van der Waals surface area contributed by atoms with Gasteiger partial charge < -0.3 is 10.2 Å². The normalized spacial score (nSPS) is 11.1. The third-order valence-electron chi connectivity index (χ3n) is 4.36. The number of nitrogens with one attached hydrogen (secondary N) is 1. The Morgan fingerprint density at radius 3 is 2.40 bits per heavy atom. The van der Waals surface area contributed by atoms with Crippen molar-refractivity contribution in [1.82, 2.24) is 15.1 Å². The monoisotopic (exact) mass is 360 g/mol. The van der Waals surface area contributed by atoms with E-state index in [-0.39, 0.29) is 0 Å². The molecule has 2 rings (SSSR count). The van der Waals surface area contributed by atoms with Gasteiger partial charge in [-0.3, -0.25) is 0 Å². The summed E-state index contributed by atoms with van der Waals surface area (Å²) in [6.07, 6.45) is 3.06. The largest absolute Gasteiger partial charge is 0.369 e. The number of benzene rings is 1. The molecular weight excluding hydrogens is 332 g/mol. The van der Waals surface area contributed by atoms with Crippen LogP contribution >= 0.6 is 11.6 Å². The summed E-state index contributed by atoms with van der Waals surface area (Å²) >= 11 is 6.02. The van der Waals surface area contributed by atoms with E-state index >= 15 is 0 Å². The first-order valence-electron chi connectivity index (χ1n) is 9.26. The van der Waals surface area contributed by atoms with Crippen LogP contribution in [-0.2, 0) is 6.42 Å². The Labute approximate surface area is 156 Å². The highest BCUT2D eigenvalue weighted by Crippen LogP contribution is 2.26. The second kappa shape index (κ2) is 10.4. The molecule has 0 fully saturated rings. The van der Waals surface area contributed by atoms with Gasteiger partial charge in [0.25, 0.3) is 0 Å². The summed E-state index contributed by atoms with van der Waals surface area (Å²) in [7, 11) is 0. The zero-order valence-corrected chi connectivity index (χ0v) is 16.3. The maximum Gasteiger partial charge on any atom is 0.149 e. The van der Waals surface area contributed by atoms with Crippen LogP contribution < -0.4 is 5.32 Å². The molecule has 0 atom stereocenters. The molecular formula is C20H29ClN4. The fourth-order valence-corrected chi connectivity index (χ4v) is 2.99. The fourth-order valence-electron chi connectivity index (χ4n) is 2.86. The quantitative estimate of drug-likeness (QED) is 0.612. The van der Waals surface area contributed by atoms with E-state index in [9.17, 15) is 0 Å². The van der Waals surface area contributed by atoms with Gasteiger partial charge in [-0.25, -0.2) is 0 Å². The molecule has 0 aliphatic carbocycles. The Hall–Kier alpha value is -1.65. The molecule has 0 aliphatic heterocycles. The van der Waals surface area contributed by atoms with Crippen molar-refractivity contribution in [3.05, 3.63) is 41.0 Å². The third-order valence-corrected chi connectivity index (χ3v) is 4.62. The van der Waals surface area contributed by atoms with Gasteiger partial charge in [0.1, 0.15) is 5.82 Å². The number of anilines is 1. The lowest BCUT2D eigenvalue weighted by molar-refractivity contribution is 0.303. The third kappa shape index (κ3) is 5.98. The van der Waals surface area contributed by atoms with E-state index in [1.807, 2.05) is 24.3 Å². The van der Waals surface area contributed by atoms with Crippen molar-refractivity contribution < 1.29 is 0 Å². The van der Waals surface area contributed by atoms with Gasteiger partial charge in [-0.05, 0) is 56.2 Å². The van der Waals surface area contributed by atoms with Crippen molar-refractivity contribution in [2.24, 2.45) is 0 Å². The number of halogens is 1. The second-order valence-corrected chi connectivity index (χ2v) is 6.59. The molecule has 2 aromatic rings. The molecule has 0 amide bonds. The summed E-state index contributed by atoms with van der Waals surface area (Å²) in [5.74, 6) is 0.837. The molecule has 1 heterocycles. The van der Waals surface area contributed by atoms with Crippen molar-refractivity contribution >= 4 is 17.4 Å². The fraction of sp³-hybridized carbons (Fsp3) is 0.500. The molecule has 0 bridgehead atoms. The van der Waals surface area contributed by atoms with Gasteiger partial charge in [-0.1, -0.05) is 50.9 Å². The molecule has 0 spiro atoms. The second-order valence-electron chi connectivity index (χ2n) is 6.15. The summed E-state index contributed by atoms with van der Waals surface area (Å²) in [6, 6.07) is 10.0. The number of rotatable bonds is 10. The van der Waals surface area contributed by atoms with E-state index in [0.29, 0.717) is 0 Å². The molecule has 25 heavy (non-hydrogen) atoms. The van der Waals surface area contributed by atoms with Gasteiger partial charge in [0.15, 0.2) is 0 Å². The summed E-state index contributed by atoms with van der Waals surface area (Å²) in [5.41, 5.74) is 3.31. The predicted octanol–water partition coefficient (Wildman–Crippen LogP) is 4.89. The Kier molecular flexibility index (Phi) is 8.16. The Bertz CT molecular complexity index is 639. The van der Waals surface area contributed by atoms with Crippen molar-refractivity contribution in [3.63, 3.8) is 0 Å². The number of hydrogen-bond donors (Lipinski definition) is 1. The molecule has 5 heteroatoms. The maximum atomic E-state index is 6.02. The molecule has 136 valence electrons. The van der Waals surface area contributed by atoms with E-state index in [2.05, 4.69) is 47.3 Å². The van der Waals surface area contributed by atoms with Crippen molar-refractivity contribution in [3.8, 4) is 11.1 Å². The molecule has 1 N–H and O–H groups in total. The van der Waals surface area contributed by atoms with E-state index in [1.54, 1.807) is 0 Å². The highest BCUT2D eigenvalue weighted by Gasteiger charge is 2.09. The average Bonchev–Trinajstić information content (AvgIpc) is 2.64. The van der Waals surface area contributed by atoms with Crippen LogP contribution in [0.25, 0.3) is 11.1 Å². The van der Waals surface area contributed by atoms with Crippen LogP contribution in [0.4, 0.5) is 5.82 Å². The first-order valence-corrected chi connectivity index (χ1v) is 9.64. The minimum atomic E-state index is 0.748. The first kappa shape index (κ1) is 19.7. The molecule has 0 radical (unpaired) electrons. The lowest BCUT2D eigenvalue weighted by Crippen LogP contribution is -2.25. The highest BCUT2D eigenvalue weighted by atomic mass is 35.5. The zero-order valence-electron chi connectivity index (χ0n) is 15.6. The van der Waals surface area contributed by atoms with Gasteiger partial charge >= 0.3 is 0 Å². The van der Waals surface area contributed by atoms with Crippen LogP contribution in [0.2, 0.25) is 5.02 Å². The molecule has 0 aliphatic rings. The van der Waals surface area contributed by atoms with Gasteiger partial charge in [-0.2, -0.15) is 5.10 Å². The number of nitrogens with zero attached hydrogens (tertiary/aromatic N) is 3. The Morgan fingerprint density at radius 1 is 1.04 bits per heavy atom. The number of aryl methyl sites for hydroxylation is 1. The topological polar surface area (TPSA) is 41.1 Å². The highest BCUT2D eigenvalue weighted by molar-refractivity contribution is 6.30. The smallest absolute Gasteiger partial charge is 0.149 e. The van der Waals surface area contributed by atoms with Crippen LogP contribution in [0.15, 0.2) is 30.3 Å². The SMILES string of the molecule is CCCc1nnc(NCCCN(CC)CC)cc1-c1ccc(Cl)cc1.